The van der Waals surface area contributed by atoms with Crippen molar-refractivity contribution in [2.24, 2.45) is 0 Å². The lowest BCUT2D eigenvalue weighted by Crippen LogP contribution is -2.61. The first-order valence-corrected chi connectivity index (χ1v) is 27.9. The molecule has 0 radical (unpaired) electrons. The number of anilines is 1. The highest BCUT2D eigenvalue weighted by molar-refractivity contribution is 7.90. The first-order valence-electron chi connectivity index (χ1n) is 25.9. The number of aliphatic hydroxyl groups excluding tert-OH is 3. The van der Waals surface area contributed by atoms with E-state index < -0.39 is 138 Å². The molecule has 5 aliphatic heterocycles. The Balaban J connectivity index is 0.880. The lowest BCUT2D eigenvalue weighted by molar-refractivity contribution is -0.271. The fraction of sp³-hybridized carbons (Fsp3) is 0.434. The summed E-state index contributed by atoms with van der Waals surface area (Å²) in [5.41, 5.74) is 0.851. The summed E-state index contributed by atoms with van der Waals surface area (Å²) in [5.74, 6) is -6.27. The summed E-state index contributed by atoms with van der Waals surface area (Å²) < 4.78 is 59.2. The van der Waals surface area contributed by atoms with Crippen LogP contribution in [0.25, 0.3) is 22.3 Å². The van der Waals surface area contributed by atoms with Crippen molar-refractivity contribution >= 4 is 74.0 Å². The van der Waals surface area contributed by atoms with Crippen LogP contribution in [0.4, 0.5) is 10.5 Å². The summed E-state index contributed by atoms with van der Waals surface area (Å²) in [4.78, 5) is 124. The average Bonchev–Trinajstić information content (AvgIpc) is 2.51. The molecule has 0 unspecified atom stereocenters. The van der Waals surface area contributed by atoms with Gasteiger partial charge in [-0.2, -0.15) is 0 Å². The number of imide groups is 1. The monoisotopic (exact) mass is 1180 g/mol. The molecule has 1 fully saturated rings. The highest BCUT2D eigenvalue weighted by atomic mass is 32.2. The Morgan fingerprint density at radius 1 is 0.952 bits per heavy atom. The number of aliphatic hydroxyl groups is 4. The minimum Gasteiger partial charge on any atom is -0.493 e. The van der Waals surface area contributed by atoms with Crippen molar-refractivity contribution in [3.05, 3.63) is 92.3 Å². The topological polar surface area (TPSA) is 396 Å². The smallest absolute Gasteiger partial charge is 0.411 e. The molecule has 6 atom stereocenters. The van der Waals surface area contributed by atoms with Gasteiger partial charge in [0.05, 0.1) is 53.6 Å². The van der Waals surface area contributed by atoms with Gasteiger partial charge in [0.25, 0.3) is 17.4 Å². The molecule has 7 N–H and O–H groups in total. The van der Waals surface area contributed by atoms with Crippen LogP contribution in [0.3, 0.4) is 0 Å². The van der Waals surface area contributed by atoms with Crippen LogP contribution in [0.1, 0.15) is 53.1 Å². The maximum absolute atomic E-state index is 14.0. The van der Waals surface area contributed by atoms with Gasteiger partial charge in [0.15, 0.2) is 11.7 Å². The van der Waals surface area contributed by atoms with Crippen LogP contribution < -0.4 is 25.7 Å². The molecule has 83 heavy (non-hydrogen) atoms. The van der Waals surface area contributed by atoms with E-state index in [0.29, 0.717) is 52.2 Å². The van der Waals surface area contributed by atoms with Crippen molar-refractivity contribution in [3.8, 4) is 22.9 Å². The second-order valence-corrected chi connectivity index (χ2v) is 22.5. The Morgan fingerprint density at radius 2 is 1.70 bits per heavy atom. The van der Waals surface area contributed by atoms with Gasteiger partial charge in [0.2, 0.25) is 24.0 Å². The van der Waals surface area contributed by atoms with E-state index in [1.54, 1.807) is 19.1 Å². The average molecular weight is 1180 g/mol. The number of hydrogen-bond donors (Lipinski definition) is 7. The molecule has 2 aromatic carbocycles. The fourth-order valence-corrected chi connectivity index (χ4v) is 10.5. The summed E-state index contributed by atoms with van der Waals surface area (Å²) in [6.45, 7) is -1.65. The quantitative estimate of drug-likeness (QED) is 0.0244. The molecule has 2 aromatic heterocycles. The largest absolute Gasteiger partial charge is 0.493 e. The third kappa shape index (κ3) is 12.4. The molecule has 5 aliphatic rings. The Bertz CT molecular complexity index is 3550. The second-order valence-electron chi connectivity index (χ2n) is 20.2. The van der Waals surface area contributed by atoms with Crippen molar-refractivity contribution in [3.63, 3.8) is 0 Å². The number of fused-ring (bicyclic) bond motifs is 6. The third-order valence-corrected chi connectivity index (χ3v) is 15.5. The molecule has 29 nitrogen and oxygen atoms in total. The van der Waals surface area contributed by atoms with Gasteiger partial charge < -0.3 is 74.1 Å². The zero-order valence-corrected chi connectivity index (χ0v) is 45.5. The number of benzene rings is 2. The number of cyclic esters (lactones) is 1. The van der Waals surface area contributed by atoms with E-state index >= 15 is 0 Å². The highest BCUT2D eigenvalue weighted by Gasteiger charge is 2.49. The van der Waals surface area contributed by atoms with Crippen molar-refractivity contribution in [2.75, 3.05) is 64.0 Å². The number of hydrogen-bond acceptors (Lipinski definition) is 22. The maximum atomic E-state index is 14.0. The lowest BCUT2D eigenvalue weighted by atomic mass is 9.86. The number of sulfone groups is 1. The molecule has 30 heteroatoms. The molecule has 1 saturated heterocycles. The SMILES string of the molecule is CC[C@@]1(O)C(=O)OCc2c1cc1n(c2=O)Cc2c-1nc1cc3c(cc1c2CNC(=O)COCN(CCS(C)(=O)=O)C(=O)OCc1ccc(O[C@@H]2O[C@H](C(=O)O)[C@@H](O)[C@H](O)[C@H]2O)c(NC(=O)CN(C)C(=O)CCN2C(=O)C=CC2=O)c1)CCO3. The molecule has 7 heterocycles. The number of carbonyl (C=O) groups excluding carboxylic acids is 7. The van der Waals surface area contributed by atoms with Gasteiger partial charge in [-0.1, -0.05) is 13.0 Å². The number of carboxylic acids is 1. The molecule has 442 valence electrons. The van der Waals surface area contributed by atoms with Crippen LogP contribution in [-0.2, 0) is 101 Å². The summed E-state index contributed by atoms with van der Waals surface area (Å²) >= 11 is 0. The summed E-state index contributed by atoms with van der Waals surface area (Å²) in [7, 11) is -2.43. The maximum Gasteiger partial charge on any atom is 0.411 e. The lowest BCUT2D eigenvalue weighted by Gasteiger charge is -2.38. The van der Waals surface area contributed by atoms with E-state index in [4.69, 9.17) is 33.4 Å². The van der Waals surface area contributed by atoms with Gasteiger partial charge in [-0.25, -0.2) is 27.8 Å². The molecule has 0 aliphatic carbocycles. The Hall–Kier alpha value is -8.39. The van der Waals surface area contributed by atoms with Crippen LogP contribution in [0.5, 0.6) is 11.5 Å². The summed E-state index contributed by atoms with van der Waals surface area (Å²) in [5, 5.41) is 58.2. The minimum absolute atomic E-state index is 0.0264. The number of likely N-dealkylation sites (N-methyl/N-ethyl adjacent to an activating group) is 1. The van der Waals surface area contributed by atoms with Crippen molar-refractivity contribution in [1.82, 2.24) is 29.6 Å². The standard InChI is InChI=1S/C53H57N7O22S/c1-4-53(74)32-17-35-43-30(20-60(35)48(69)31(32)23-79-51(53)72)29(28-16-27-10-13-78-37(27)18-33(28)56-43)19-54-39(62)24-77-25-58(12-14-83(3,75)76)52(73)80-22-26-5-6-36(81-50-46(68)44(66)45(67)47(82-50)49(70)71)34(15-26)55-38(61)21-57(2)40(63)9-11-59-41(64)7-8-42(59)65/h5-8,15-18,44-47,50,66-68,74H,4,9-14,19-25H2,1-3H3,(H,54,62)(H,55,61)(H,70,71)/t44-,45-,46+,47-,50+,53-/m0/s1. The number of aromatic nitrogens is 2. The third-order valence-electron chi connectivity index (χ3n) is 14.5. The number of amides is 6. The molecule has 4 aromatic rings. The number of nitrogens with zero attached hydrogens (tertiary/aromatic N) is 5. The van der Waals surface area contributed by atoms with Crippen LogP contribution in [0.15, 0.2) is 53.3 Å². The molecule has 0 bridgehead atoms. The molecule has 6 amide bonds. The van der Waals surface area contributed by atoms with Gasteiger partial charge in [-0.15, -0.1) is 0 Å². The van der Waals surface area contributed by atoms with Crippen molar-refractivity contribution < 1.29 is 101 Å². The first-order chi connectivity index (χ1) is 39.3. The predicted octanol–water partition coefficient (Wildman–Crippen LogP) is -1.73. The van der Waals surface area contributed by atoms with E-state index in [-0.39, 0.29) is 67.2 Å². The Labute approximate surface area is 470 Å². The number of pyridine rings is 2. The van der Waals surface area contributed by atoms with Crippen LogP contribution in [-0.4, -0.2) is 195 Å². The minimum atomic E-state index is -3.70. The first kappa shape index (κ1) is 59.2. The normalized spacial score (nSPS) is 21.3. The number of carbonyl (C=O) groups is 8. The Kier molecular flexibility index (Phi) is 17.0. The summed E-state index contributed by atoms with van der Waals surface area (Å²) in [6, 6.07) is 8.93. The highest BCUT2D eigenvalue weighted by Crippen LogP contribution is 2.42. The summed E-state index contributed by atoms with van der Waals surface area (Å²) in [6.07, 6.45) is -8.08. The number of aliphatic carboxylic acids is 1. The van der Waals surface area contributed by atoms with E-state index in [0.717, 1.165) is 38.7 Å². The zero-order chi connectivity index (χ0) is 59.8. The molecule has 0 saturated carbocycles. The Morgan fingerprint density at radius 3 is 2.41 bits per heavy atom. The number of ether oxygens (including phenoxy) is 6. The molecule has 9 rings (SSSR count). The fourth-order valence-electron chi connectivity index (χ4n) is 9.93. The van der Waals surface area contributed by atoms with E-state index in [1.165, 1.54) is 29.8 Å². The van der Waals surface area contributed by atoms with Gasteiger partial charge in [-0.3, -0.25) is 38.6 Å². The molecular formula is C53H57N7O22S. The van der Waals surface area contributed by atoms with Gasteiger partial charge in [0, 0.05) is 80.5 Å². The van der Waals surface area contributed by atoms with Gasteiger partial charge >= 0.3 is 18.0 Å². The number of rotatable bonds is 21. The van der Waals surface area contributed by atoms with Crippen LogP contribution >= 0.6 is 0 Å². The van der Waals surface area contributed by atoms with E-state index in [2.05, 4.69) is 10.6 Å². The zero-order valence-electron chi connectivity index (χ0n) is 44.7. The molecule has 0 spiro atoms. The predicted molar refractivity (Wildman–Crippen MR) is 281 cm³/mol. The van der Waals surface area contributed by atoms with E-state index in [1.807, 2.05) is 6.07 Å². The van der Waals surface area contributed by atoms with Crippen molar-refractivity contribution in [1.29, 1.82) is 0 Å². The second kappa shape index (κ2) is 23.8. The molecular weight excluding hydrogens is 1120 g/mol. The number of nitrogens with one attached hydrogen (secondary N) is 2. The van der Waals surface area contributed by atoms with Gasteiger partial charge in [-0.05, 0) is 47.4 Å². The van der Waals surface area contributed by atoms with Crippen LogP contribution in [0, 0.1) is 0 Å². The van der Waals surface area contributed by atoms with Crippen molar-refractivity contribution in [2.45, 2.75) is 88.8 Å². The van der Waals surface area contributed by atoms with E-state index in [9.17, 15) is 77.1 Å². The van der Waals surface area contributed by atoms with Gasteiger partial charge in [0.1, 0.15) is 66.2 Å². The number of carboxylic acid groups (broad SMARTS) is 1. The number of esters is 1. The van der Waals surface area contributed by atoms with Crippen LogP contribution in [0.2, 0.25) is 0 Å².